The molecule has 0 aliphatic rings. The number of aromatic nitrogens is 3. The summed E-state index contributed by atoms with van der Waals surface area (Å²) in [6.07, 6.45) is 0.0906. The van der Waals surface area contributed by atoms with Crippen LogP contribution < -0.4 is 11.1 Å². The standard InChI is InChI=1S/C17H14N6O2/c18-9-10-4-6-11(7-5-10)20-17-22-15(21-16(19)23-17)8-12-13(24)2-1-3-14(12)25/h1-7,24-25H,8H2,(H3,19,20,21,22,23). The summed E-state index contributed by atoms with van der Waals surface area (Å²) in [5.41, 5.74) is 7.24. The molecule has 25 heavy (non-hydrogen) atoms. The maximum absolute atomic E-state index is 9.87. The van der Waals surface area contributed by atoms with Crippen LogP contribution in [0.25, 0.3) is 0 Å². The fourth-order valence-electron chi connectivity index (χ4n) is 2.23. The van der Waals surface area contributed by atoms with Crippen molar-refractivity contribution in [2.24, 2.45) is 0 Å². The van der Waals surface area contributed by atoms with Gasteiger partial charge in [0, 0.05) is 17.7 Å². The van der Waals surface area contributed by atoms with Gasteiger partial charge in [0.15, 0.2) is 0 Å². The molecule has 2 aromatic carbocycles. The first-order chi connectivity index (χ1) is 12.0. The molecule has 0 bridgehead atoms. The molecule has 0 amide bonds. The van der Waals surface area contributed by atoms with Crippen LogP contribution >= 0.6 is 0 Å². The van der Waals surface area contributed by atoms with Gasteiger partial charge < -0.3 is 21.3 Å². The van der Waals surface area contributed by atoms with Crippen LogP contribution in [-0.4, -0.2) is 25.2 Å². The van der Waals surface area contributed by atoms with Gasteiger partial charge in [0.1, 0.15) is 17.3 Å². The first-order valence-electron chi connectivity index (χ1n) is 7.32. The van der Waals surface area contributed by atoms with Crippen molar-refractivity contribution in [2.45, 2.75) is 6.42 Å². The van der Waals surface area contributed by atoms with Gasteiger partial charge in [-0.2, -0.15) is 20.2 Å². The van der Waals surface area contributed by atoms with Crippen LogP contribution in [0.15, 0.2) is 42.5 Å². The largest absolute Gasteiger partial charge is 0.508 e. The SMILES string of the molecule is N#Cc1ccc(Nc2nc(N)nc(Cc3c(O)cccc3O)n2)cc1. The number of nitrogen functional groups attached to an aromatic ring is 1. The van der Waals surface area contributed by atoms with E-state index < -0.39 is 0 Å². The van der Waals surface area contributed by atoms with Crippen molar-refractivity contribution in [2.75, 3.05) is 11.1 Å². The number of phenols is 2. The molecule has 3 aromatic rings. The van der Waals surface area contributed by atoms with Gasteiger partial charge >= 0.3 is 0 Å². The summed E-state index contributed by atoms with van der Waals surface area (Å²) in [6, 6.07) is 13.3. The second-order valence-corrected chi connectivity index (χ2v) is 5.20. The molecule has 0 saturated heterocycles. The quantitative estimate of drug-likeness (QED) is 0.568. The van der Waals surface area contributed by atoms with Gasteiger partial charge in [0.25, 0.3) is 0 Å². The highest BCUT2D eigenvalue weighted by Crippen LogP contribution is 2.28. The molecule has 0 saturated carbocycles. The zero-order valence-corrected chi connectivity index (χ0v) is 13.0. The summed E-state index contributed by atoms with van der Waals surface area (Å²) in [5.74, 6) is 0.416. The number of hydrogen-bond acceptors (Lipinski definition) is 8. The number of phenolic OH excluding ortho intramolecular Hbond substituents is 2. The molecule has 0 unspecified atom stereocenters. The van der Waals surface area contributed by atoms with Crippen LogP contribution in [0, 0.1) is 11.3 Å². The lowest BCUT2D eigenvalue weighted by Gasteiger charge is -2.09. The van der Waals surface area contributed by atoms with Crippen molar-refractivity contribution < 1.29 is 10.2 Å². The average molecular weight is 334 g/mol. The summed E-state index contributed by atoms with van der Waals surface area (Å²) >= 11 is 0. The predicted molar refractivity (Wildman–Crippen MR) is 91.3 cm³/mol. The van der Waals surface area contributed by atoms with Gasteiger partial charge in [-0.15, -0.1) is 0 Å². The number of nitriles is 1. The van der Waals surface area contributed by atoms with Gasteiger partial charge in [-0.05, 0) is 36.4 Å². The van der Waals surface area contributed by atoms with Crippen LogP contribution in [0.2, 0.25) is 0 Å². The molecule has 0 atom stereocenters. The third-order valence-corrected chi connectivity index (χ3v) is 3.43. The first kappa shape index (κ1) is 16.0. The molecule has 0 aliphatic heterocycles. The van der Waals surface area contributed by atoms with Gasteiger partial charge in [0.2, 0.25) is 11.9 Å². The Hall–Kier alpha value is -3.86. The van der Waals surface area contributed by atoms with E-state index in [1.807, 2.05) is 6.07 Å². The van der Waals surface area contributed by atoms with Crippen molar-refractivity contribution in [3.63, 3.8) is 0 Å². The van der Waals surface area contributed by atoms with Gasteiger partial charge in [-0.1, -0.05) is 6.07 Å². The molecule has 1 aromatic heterocycles. The molecule has 0 radical (unpaired) electrons. The van der Waals surface area contributed by atoms with E-state index in [1.165, 1.54) is 18.2 Å². The molecule has 8 nitrogen and oxygen atoms in total. The number of benzene rings is 2. The topological polar surface area (TPSA) is 141 Å². The Labute approximate surface area is 143 Å². The van der Waals surface area contributed by atoms with Crippen molar-refractivity contribution >= 4 is 17.6 Å². The summed E-state index contributed by atoms with van der Waals surface area (Å²) in [6.45, 7) is 0. The fraction of sp³-hybridized carbons (Fsp3) is 0.0588. The number of nitrogens with zero attached hydrogens (tertiary/aromatic N) is 4. The zero-order valence-electron chi connectivity index (χ0n) is 13.0. The summed E-state index contributed by atoms with van der Waals surface area (Å²) in [7, 11) is 0. The van der Waals surface area contributed by atoms with E-state index in [9.17, 15) is 10.2 Å². The maximum Gasteiger partial charge on any atom is 0.232 e. The summed E-state index contributed by atoms with van der Waals surface area (Å²) in [4.78, 5) is 12.3. The molecule has 0 fully saturated rings. The number of aromatic hydroxyl groups is 2. The van der Waals surface area contributed by atoms with E-state index in [2.05, 4.69) is 20.3 Å². The van der Waals surface area contributed by atoms with Crippen LogP contribution in [0.5, 0.6) is 11.5 Å². The van der Waals surface area contributed by atoms with Crippen molar-refractivity contribution in [1.29, 1.82) is 5.26 Å². The molecular formula is C17H14N6O2. The van der Waals surface area contributed by atoms with E-state index >= 15 is 0 Å². The van der Waals surface area contributed by atoms with Gasteiger partial charge in [-0.25, -0.2) is 0 Å². The highest BCUT2D eigenvalue weighted by atomic mass is 16.3. The molecule has 5 N–H and O–H groups in total. The van der Waals surface area contributed by atoms with Crippen LogP contribution in [-0.2, 0) is 6.42 Å². The Morgan fingerprint density at radius 3 is 2.32 bits per heavy atom. The zero-order chi connectivity index (χ0) is 17.8. The van der Waals surface area contributed by atoms with Gasteiger partial charge in [-0.3, -0.25) is 0 Å². The molecule has 3 rings (SSSR count). The van der Waals surface area contributed by atoms with E-state index in [0.717, 1.165) is 0 Å². The Morgan fingerprint density at radius 2 is 1.68 bits per heavy atom. The lowest BCUT2D eigenvalue weighted by Crippen LogP contribution is -2.07. The van der Waals surface area contributed by atoms with Crippen LogP contribution in [0.4, 0.5) is 17.6 Å². The van der Waals surface area contributed by atoms with Crippen molar-refractivity contribution in [3.05, 3.63) is 59.4 Å². The second-order valence-electron chi connectivity index (χ2n) is 5.20. The molecule has 1 heterocycles. The monoisotopic (exact) mass is 334 g/mol. The Kier molecular flexibility index (Phi) is 4.30. The molecule has 124 valence electrons. The Bertz CT molecular complexity index is 930. The minimum Gasteiger partial charge on any atom is -0.508 e. The number of nitrogens with one attached hydrogen (secondary N) is 1. The van der Waals surface area contributed by atoms with E-state index in [0.29, 0.717) is 22.6 Å². The maximum atomic E-state index is 9.87. The fourth-order valence-corrected chi connectivity index (χ4v) is 2.23. The average Bonchev–Trinajstić information content (AvgIpc) is 2.58. The third kappa shape index (κ3) is 3.73. The van der Waals surface area contributed by atoms with Crippen LogP contribution in [0.1, 0.15) is 17.0 Å². The Morgan fingerprint density at radius 1 is 1.00 bits per heavy atom. The second kappa shape index (κ2) is 6.72. The highest BCUT2D eigenvalue weighted by molar-refractivity contribution is 5.55. The number of nitrogens with two attached hydrogens (primary N) is 1. The first-order valence-corrected chi connectivity index (χ1v) is 7.32. The summed E-state index contributed by atoms with van der Waals surface area (Å²) in [5, 5.41) is 31.5. The Balaban J connectivity index is 1.86. The number of hydrogen-bond donors (Lipinski definition) is 4. The van der Waals surface area contributed by atoms with Crippen molar-refractivity contribution in [3.8, 4) is 17.6 Å². The minimum atomic E-state index is -0.0550. The highest BCUT2D eigenvalue weighted by Gasteiger charge is 2.12. The molecule has 8 heteroatoms. The van der Waals surface area contributed by atoms with E-state index in [-0.39, 0.29) is 29.8 Å². The van der Waals surface area contributed by atoms with Gasteiger partial charge in [0.05, 0.1) is 11.6 Å². The lowest BCUT2D eigenvalue weighted by molar-refractivity contribution is 0.440. The molecule has 0 spiro atoms. The predicted octanol–water partition coefficient (Wildman–Crippen LogP) is 2.07. The van der Waals surface area contributed by atoms with Crippen LogP contribution in [0.3, 0.4) is 0 Å². The minimum absolute atomic E-state index is 0.0102. The number of anilines is 3. The number of rotatable bonds is 4. The third-order valence-electron chi connectivity index (χ3n) is 3.43. The molecule has 0 aliphatic carbocycles. The molecular weight excluding hydrogens is 320 g/mol. The summed E-state index contributed by atoms with van der Waals surface area (Å²) < 4.78 is 0. The van der Waals surface area contributed by atoms with E-state index in [1.54, 1.807) is 24.3 Å². The lowest BCUT2D eigenvalue weighted by atomic mass is 10.1. The van der Waals surface area contributed by atoms with Crippen molar-refractivity contribution in [1.82, 2.24) is 15.0 Å². The normalized spacial score (nSPS) is 10.2. The smallest absolute Gasteiger partial charge is 0.232 e. The van der Waals surface area contributed by atoms with E-state index in [4.69, 9.17) is 11.0 Å².